The van der Waals surface area contributed by atoms with Gasteiger partial charge in [0.15, 0.2) is 0 Å². The number of hydrogen-bond donors (Lipinski definition) is 0. The highest BCUT2D eigenvalue weighted by Crippen LogP contribution is 2.01. The Bertz CT molecular complexity index is 136. The Balaban J connectivity index is 3.59. The van der Waals surface area contributed by atoms with Crippen LogP contribution in [0, 0.1) is 0 Å². The lowest BCUT2D eigenvalue weighted by Crippen LogP contribution is -2.21. The number of rotatable bonds is 7. The molecule has 0 N–H and O–H groups in total. The van der Waals surface area contributed by atoms with E-state index in [9.17, 15) is 4.79 Å². The maximum absolute atomic E-state index is 10.6. The molecule has 0 aliphatic heterocycles. The fourth-order valence-electron chi connectivity index (χ4n) is 0.871. The zero-order chi connectivity index (χ0) is 10.1. The van der Waals surface area contributed by atoms with Crippen molar-refractivity contribution < 1.29 is 19.0 Å². The minimum absolute atomic E-state index is 0.324. The Morgan fingerprint density at radius 1 is 1.31 bits per heavy atom. The van der Waals surface area contributed by atoms with Gasteiger partial charge < -0.3 is 14.2 Å². The lowest BCUT2D eigenvalue weighted by atomic mass is 10.4. The van der Waals surface area contributed by atoms with Crippen molar-refractivity contribution >= 4 is 5.97 Å². The van der Waals surface area contributed by atoms with E-state index in [2.05, 4.69) is 0 Å². The summed E-state index contributed by atoms with van der Waals surface area (Å²) < 4.78 is 15.2. The summed E-state index contributed by atoms with van der Waals surface area (Å²) in [5, 5.41) is 0. The van der Waals surface area contributed by atoms with Gasteiger partial charge in [0.2, 0.25) is 6.29 Å². The molecule has 0 fully saturated rings. The Morgan fingerprint density at radius 3 is 2.46 bits per heavy atom. The molecule has 0 rings (SSSR count). The molecule has 1 unspecified atom stereocenters. The van der Waals surface area contributed by atoms with E-state index in [1.165, 1.54) is 6.92 Å². The van der Waals surface area contributed by atoms with Gasteiger partial charge in [-0.1, -0.05) is 0 Å². The topological polar surface area (TPSA) is 44.8 Å². The summed E-state index contributed by atoms with van der Waals surface area (Å²) in [5.41, 5.74) is 0. The highest BCUT2D eigenvalue weighted by Gasteiger charge is 2.10. The maximum atomic E-state index is 10.6. The summed E-state index contributed by atoms with van der Waals surface area (Å²) in [6.07, 6.45) is 0.121. The first-order chi connectivity index (χ1) is 6.20. The molecule has 0 heterocycles. The van der Waals surface area contributed by atoms with Gasteiger partial charge in [-0.2, -0.15) is 0 Å². The lowest BCUT2D eigenvalue weighted by molar-refractivity contribution is -0.178. The van der Waals surface area contributed by atoms with Gasteiger partial charge in [0.1, 0.15) is 0 Å². The summed E-state index contributed by atoms with van der Waals surface area (Å²) in [7, 11) is 0. The van der Waals surface area contributed by atoms with Crippen LogP contribution in [-0.2, 0) is 19.0 Å². The third kappa shape index (κ3) is 7.74. The van der Waals surface area contributed by atoms with Crippen molar-refractivity contribution in [2.24, 2.45) is 0 Å². The molecule has 0 aromatic rings. The second-order valence-electron chi connectivity index (χ2n) is 2.48. The molecule has 0 aromatic carbocycles. The predicted octanol–water partition coefficient (Wildman–Crippen LogP) is 1.34. The van der Waals surface area contributed by atoms with Crippen molar-refractivity contribution in [3.05, 3.63) is 0 Å². The van der Waals surface area contributed by atoms with Crippen LogP contribution in [0.25, 0.3) is 0 Å². The number of carbonyl (C=O) groups is 1. The monoisotopic (exact) mass is 190 g/mol. The van der Waals surface area contributed by atoms with E-state index in [1.54, 1.807) is 0 Å². The van der Waals surface area contributed by atoms with Crippen molar-refractivity contribution in [2.75, 3.05) is 19.8 Å². The molecule has 0 aliphatic carbocycles. The molecule has 0 aromatic heterocycles. The fourth-order valence-corrected chi connectivity index (χ4v) is 0.871. The van der Waals surface area contributed by atoms with Gasteiger partial charge in [-0.3, -0.25) is 4.79 Å². The van der Waals surface area contributed by atoms with Crippen molar-refractivity contribution in [2.45, 2.75) is 33.5 Å². The van der Waals surface area contributed by atoms with Gasteiger partial charge in [0, 0.05) is 26.6 Å². The van der Waals surface area contributed by atoms with Crippen molar-refractivity contribution in [3.63, 3.8) is 0 Å². The molecule has 0 spiro atoms. The summed E-state index contributed by atoms with van der Waals surface area (Å²) in [4.78, 5) is 10.6. The van der Waals surface area contributed by atoms with Gasteiger partial charge in [-0.25, -0.2) is 0 Å². The second-order valence-corrected chi connectivity index (χ2v) is 2.48. The standard InChI is InChI=1S/C9H18O4/c1-4-11-7-6-9(12-5-2)13-8(3)10/h9H,4-7H2,1-3H3. The highest BCUT2D eigenvalue weighted by molar-refractivity contribution is 5.66. The van der Waals surface area contributed by atoms with Crippen LogP contribution in [-0.4, -0.2) is 32.1 Å². The van der Waals surface area contributed by atoms with Gasteiger partial charge in [0.05, 0.1) is 6.61 Å². The zero-order valence-electron chi connectivity index (χ0n) is 8.54. The largest absolute Gasteiger partial charge is 0.436 e. The van der Waals surface area contributed by atoms with Crippen LogP contribution in [0.2, 0.25) is 0 Å². The van der Waals surface area contributed by atoms with Crippen molar-refractivity contribution in [1.29, 1.82) is 0 Å². The van der Waals surface area contributed by atoms with E-state index >= 15 is 0 Å². The molecule has 4 heteroatoms. The summed E-state index contributed by atoms with van der Waals surface area (Å²) in [6.45, 7) is 6.89. The minimum atomic E-state index is -0.464. The number of esters is 1. The first-order valence-electron chi connectivity index (χ1n) is 4.57. The molecule has 78 valence electrons. The third-order valence-electron chi connectivity index (χ3n) is 1.35. The molecule has 0 aliphatic rings. The Labute approximate surface area is 79.2 Å². The lowest BCUT2D eigenvalue weighted by Gasteiger charge is -2.16. The van der Waals surface area contributed by atoms with E-state index in [-0.39, 0.29) is 5.97 Å². The number of ether oxygens (including phenoxy) is 3. The zero-order valence-corrected chi connectivity index (χ0v) is 8.54. The van der Waals surface area contributed by atoms with Crippen molar-refractivity contribution in [3.8, 4) is 0 Å². The molecule has 4 nitrogen and oxygen atoms in total. The molecule has 0 amide bonds. The minimum Gasteiger partial charge on any atom is -0.436 e. The summed E-state index contributed by atoms with van der Waals surface area (Å²) in [5.74, 6) is -0.324. The van der Waals surface area contributed by atoms with Crippen LogP contribution >= 0.6 is 0 Å². The smallest absolute Gasteiger partial charge is 0.304 e. The molecular formula is C9H18O4. The van der Waals surface area contributed by atoms with Crippen LogP contribution in [0.15, 0.2) is 0 Å². The predicted molar refractivity (Wildman–Crippen MR) is 48.3 cm³/mol. The van der Waals surface area contributed by atoms with Crippen molar-refractivity contribution in [1.82, 2.24) is 0 Å². The molecule has 1 atom stereocenters. The average Bonchev–Trinajstić information content (AvgIpc) is 2.04. The van der Waals surface area contributed by atoms with Gasteiger partial charge in [0.25, 0.3) is 0 Å². The quantitative estimate of drug-likeness (QED) is 0.345. The normalized spacial score (nSPS) is 12.5. The summed E-state index contributed by atoms with van der Waals surface area (Å²) in [6, 6.07) is 0. The van der Waals surface area contributed by atoms with Crippen LogP contribution in [0.4, 0.5) is 0 Å². The van der Waals surface area contributed by atoms with E-state index in [0.717, 1.165) is 0 Å². The molecule has 13 heavy (non-hydrogen) atoms. The Hall–Kier alpha value is -0.610. The Kier molecular flexibility index (Phi) is 7.63. The van der Waals surface area contributed by atoms with Gasteiger partial charge in [-0.15, -0.1) is 0 Å². The van der Waals surface area contributed by atoms with E-state index in [0.29, 0.717) is 26.2 Å². The maximum Gasteiger partial charge on any atom is 0.304 e. The molecule has 0 saturated carbocycles. The Morgan fingerprint density at radius 2 is 2.00 bits per heavy atom. The van der Waals surface area contributed by atoms with Crippen LogP contribution < -0.4 is 0 Å². The van der Waals surface area contributed by atoms with Crippen LogP contribution in [0.1, 0.15) is 27.2 Å². The molecule has 0 radical (unpaired) electrons. The molecular weight excluding hydrogens is 172 g/mol. The number of hydrogen-bond acceptors (Lipinski definition) is 4. The van der Waals surface area contributed by atoms with Crippen LogP contribution in [0.3, 0.4) is 0 Å². The molecule has 0 bridgehead atoms. The first kappa shape index (κ1) is 12.4. The number of carbonyl (C=O) groups excluding carboxylic acids is 1. The second kappa shape index (κ2) is 8.01. The first-order valence-corrected chi connectivity index (χ1v) is 4.57. The van der Waals surface area contributed by atoms with E-state index in [1.807, 2.05) is 13.8 Å². The van der Waals surface area contributed by atoms with Gasteiger partial charge >= 0.3 is 5.97 Å². The summed E-state index contributed by atoms with van der Waals surface area (Å²) >= 11 is 0. The van der Waals surface area contributed by atoms with E-state index < -0.39 is 6.29 Å². The highest BCUT2D eigenvalue weighted by atomic mass is 16.7. The van der Waals surface area contributed by atoms with Gasteiger partial charge in [-0.05, 0) is 13.8 Å². The SMILES string of the molecule is CCOCCC(OCC)OC(C)=O. The van der Waals surface area contributed by atoms with Crippen LogP contribution in [0.5, 0.6) is 0 Å². The average molecular weight is 190 g/mol. The fraction of sp³-hybridized carbons (Fsp3) is 0.889. The molecule has 0 saturated heterocycles. The van der Waals surface area contributed by atoms with E-state index in [4.69, 9.17) is 14.2 Å². The third-order valence-corrected chi connectivity index (χ3v) is 1.35.